The molecule has 1 aromatic heterocycles. The van der Waals surface area contributed by atoms with E-state index in [0.29, 0.717) is 10.6 Å². The first kappa shape index (κ1) is 22.6. The molecule has 1 saturated heterocycles. The summed E-state index contributed by atoms with van der Waals surface area (Å²) in [6, 6.07) is 1.76. The highest BCUT2D eigenvalue weighted by atomic mass is 32.1. The lowest BCUT2D eigenvalue weighted by atomic mass is 9.98. The SMILES string of the molecule is CN1CCPCC1.COC(=O)c1sc(C#CC(C)(C)C)cc1NCC=O. The Labute approximate surface area is 162 Å². The Bertz CT molecular complexity index is 650. The molecule has 7 heteroatoms. The van der Waals surface area contributed by atoms with Crippen molar-refractivity contribution >= 4 is 37.9 Å². The Morgan fingerprint density at radius 1 is 1.42 bits per heavy atom. The summed E-state index contributed by atoms with van der Waals surface area (Å²) < 4.78 is 4.71. The fourth-order valence-electron chi connectivity index (χ4n) is 2.01. The fourth-order valence-corrected chi connectivity index (χ4v) is 4.24. The van der Waals surface area contributed by atoms with Crippen LogP contribution in [-0.2, 0) is 9.53 Å². The van der Waals surface area contributed by atoms with Crippen LogP contribution in [0.3, 0.4) is 0 Å². The summed E-state index contributed by atoms with van der Waals surface area (Å²) in [6.07, 6.45) is 3.62. The molecular weight excluding hydrogens is 367 g/mol. The lowest BCUT2D eigenvalue weighted by molar-refractivity contribution is -0.106. The van der Waals surface area contributed by atoms with E-state index in [-0.39, 0.29) is 12.0 Å². The van der Waals surface area contributed by atoms with E-state index in [1.54, 1.807) is 6.07 Å². The number of aldehydes is 1. The molecule has 5 nitrogen and oxygen atoms in total. The molecule has 0 unspecified atom stereocenters. The van der Waals surface area contributed by atoms with E-state index in [1.807, 2.05) is 20.8 Å². The summed E-state index contributed by atoms with van der Waals surface area (Å²) in [7, 11) is 4.77. The average molecular weight is 396 g/mol. The highest BCUT2D eigenvalue weighted by Gasteiger charge is 2.16. The quantitative estimate of drug-likeness (QED) is 0.367. The number of rotatable bonds is 4. The summed E-state index contributed by atoms with van der Waals surface area (Å²) >= 11 is 1.26. The molecule has 0 radical (unpaired) electrons. The van der Waals surface area contributed by atoms with Gasteiger partial charge in [0.1, 0.15) is 11.2 Å². The van der Waals surface area contributed by atoms with Gasteiger partial charge in [-0.25, -0.2) is 4.79 Å². The van der Waals surface area contributed by atoms with Crippen molar-refractivity contribution in [3.05, 3.63) is 15.8 Å². The van der Waals surface area contributed by atoms with Gasteiger partial charge in [0.2, 0.25) is 0 Å². The minimum absolute atomic E-state index is 0.105. The first-order valence-electron chi connectivity index (χ1n) is 8.59. The number of methoxy groups -OCH3 is 1. The molecule has 1 fully saturated rings. The number of hydrogen-bond donors (Lipinski definition) is 1. The number of carbonyl (C=O) groups is 2. The predicted molar refractivity (Wildman–Crippen MR) is 112 cm³/mol. The second-order valence-corrected chi connectivity index (χ2v) is 9.50. The molecule has 2 heterocycles. The van der Waals surface area contributed by atoms with Crippen molar-refractivity contribution in [1.29, 1.82) is 0 Å². The van der Waals surface area contributed by atoms with E-state index in [2.05, 4.69) is 29.1 Å². The number of hydrogen-bond acceptors (Lipinski definition) is 6. The summed E-state index contributed by atoms with van der Waals surface area (Å²) in [4.78, 5) is 25.6. The molecule has 1 N–H and O–H groups in total. The van der Waals surface area contributed by atoms with Crippen LogP contribution >= 0.6 is 19.9 Å². The van der Waals surface area contributed by atoms with Crippen molar-refractivity contribution < 1.29 is 14.3 Å². The van der Waals surface area contributed by atoms with Gasteiger partial charge in [-0.05, 0) is 46.2 Å². The van der Waals surface area contributed by atoms with E-state index < -0.39 is 5.97 Å². The second-order valence-electron chi connectivity index (χ2n) is 6.95. The van der Waals surface area contributed by atoms with Crippen molar-refractivity contribution in [3.63, 3.8) is 0 Å². The molecule has 0 spiro atoms. The molecule has 1 aliphatic rings. The Morgan fingerprint density at radius 2 is 2.08 bits per heavy atom. The third kappa shape index (κ3) is 8.80. The van der Waals surface area contributed by atoms with E-state index in [4.69, 9.17) is 4.74 Å². The molecule has 0 amide bonds. The van der Waals surface area contributed by atoms with Crippen molar-refractivity contribution in [2.45, 2.75) is 20.8 Å². The third-order valence-corrected chi connectivity index (χ3v) is 5.56. The summed E-state index contributed by atoms with van der Waals surface area (Å²) in [5.74, 6) is 5.71. The van der Waals surface area contributed by atoms with Crippen LogP contribution in [-0.4, -0.2) is 63.3 Å². The van der Waals surface area contributed by atoms with Gasteiger partial charge in [0, 0.05) is 18.5 Å². The van der Waals surface area contributed by atoms with Crippen LogP contribution in [0, 0.1) is 17.3 Å². The van der Waals surface area contributed by atoms with Crippen molar-refractivity contribution in [2.24, 2.45) is 5.41 Å². The number of esters is 1. The van der Waals surface area contributed by atoms with Gasteiger partial charge in [0.25, 0.3) is 0 Å². The number of nitrogens with zero attached hydrogens (tertiary/aromatic N) is 1. The van der Waals surface area contributed by atoms with Gasteiger partial charge in [0.05, 0.1) is 24.2 Å². The summed E-state index contributed by atoms with van der Waals surface area (Å²) in [6.45, 7) is 8.85. The Morgan fingerprint density at radius 3 is 2.54 bits per heavy atom. The van der Waals surface area contributed by atoms with Crippen LogP contribution in [0.2, 0.25) is 0 Å². The first-order valence-corrected chi connectivity index (χ1v) is 10.8. The molecule has 0 atom stereocenters. The van der Waals surface area contributed by atoms with Crippen LogP contribution in [0.25, 0.3) is 0 Å². The van der Waals surface area contributed by atoms with E-state index in [1.165, 1.54) is 52.4 Å². The second kappa shape index (κ2) is 11.3. The number of carbonyl (C=O) groups excluding carboxylic acids is 2. The number of nitrogens with one attached hydrogen (secondary N) is 1. The van der Waals surface area contributed by atoms with E-state index >= 15 is 0 Å². The van der Waals surface area contributed by atoms with Crippen molar-refractivity contribution in [3.8, 4) is 11.8 Å². The van der Waals surface area contributed by atoms with Crippen LogP contribution in [0.5, 0.6) is 0 Å². The molecule has 0 bridgehead atoms. The maximum absolute atomic E-state index is 11.6. The van der Waals surface area contributed by atoms with Gasteiger partial charge in [-0.1, -0.05) is 11.8 Å². The van der Waals surface area contributed by atoms with Crippen molar-refractivity contribution in [1.82, 2.24) is 4.90 Å². The lowest BCUT2D eigenvalue weighted by Crippen LogP contribution is -2.27. The fraction of sp³-hybridized carbons (Fsp3) is 0.579. The van der Waals surface area contributed by atoms with Gasteiger partial charge in [-0.2, -0.15) is 0 Å². The standard InChI is InChI=1S/C14H17NO3S.C5H12NP/c1-14(2,3)6-5-10-9-11(15-7-8-16)12(19-10)13(17)18-4;1-6-2-4-7-5-3-6/h8-9,15H,7H2,1-4H3;7H,2-5H2,1H3. The molecule has 0 saturated carbocycles. The highest BCUT2D eigenvalue weighted by Crippen LogP contribution is 2.27. The van der Waals surface area contributed by atoms with Crippen LogP contribution < -0.4 is 5.32 Å². The van der Waals surface area contributed by atoms with Gasteiger partial charge >= 0.3 is 5.97 Å². The zero-order chi connectivity index (χ0) is 19.6. The van der Waals surface area contributed by atoms with Gasteiger partial charge < -0.3 is 19.7 Å². The molecule has 26 heavy (non-hydrogen) atoms. The molecular formula is C19H29N2O3PS. The monoisotopic (exact) mass is 396 g/mol. The zero-order valence-corrected chi connectivity index (χ0v) is 18.1. The molecule has 0 aliphatic carbocycles. The summed E-state index contributed by atoms with van der Waals surface area (Å²) in [5.41, 5.74) is 0.480. The Hall–Kier alpha value is -1.41. The van der Waals surface area contributed by atoms with E-state index in [9.17, 15) is 9.59 Å². The smallest absolute Gasteiger partial charge is 0.350 e. The predicted octanol–water partition coefficient (Wildman–Crippen LogP) is 3.15. The highest BCUT2D eigenvalue weighted by molar-refractivity contribution is 7.38. The minimum atomic E-state index is -0.429. The lowest BCUT2D eigenvalue weighted by Gasteiger charge is -2.20. The number of thiophene rings is 1. The molecule has 144 valence electrons. The minimum Gasteiger partial charge on any atom is -0.465 e. The molecule has 1 aromatic rings. The maximum Gasteiger partial charge on any atom is 0.350 e. The maximum atomic E-state index is 11.6. The zero-order valence-electron chi connectivity index (χ0n) is 16.3. The van der Waals surface area contributed by atoms with Gasteiger partial charge in [0.15, 0.2) is 0 Å². The molecule has 0 aromatic carbocycles. The topological polar surface area (TPSA) is 58.6 Å². The van der Waals surface area contributed by atoms with Crippen LogP contribution in [0.15, 0.2) is 6.07 Å². The summed E-state index contributed by atoms with van der Waals surface area (Å²) in [5, 5.41) is 2.87. The van der Waals surface area contributed by atoms with Crippen LogP contribution in [0.4, 0.5) is 5.69 Å². The first-order chi connectivity index (χ1) is 12.3. The van der Waals surface area contributed by atoms with E-state index in [0.717, 1.165) is 11.2 Å². The average Bonchev–Trinajstić information content (AvgIpc) is 3.01. The number of ether oxygens (including phenoxy) is 1. The number of anilines is 1. The van der Waals surface area contributed by atoms with Crippen LogP contribution in [0.1, 0.15) is 35.3 Å². The molecule has 2 rings (SSSR count). The van der Waals surface area contributed by atoms with Gasteiger partial charge in [-0.3, -0.25) is 0 Å². The third-order valence-electron chi connectivity index (χ3n) is 3.38. The van der Waals surface area contributed by atoms with Crippen molar-refractivity contribution in [2.75, 3.05) is 51.4 Å². The largest absolute Gasteiger partial charge is 0.465 e. The molecule has 1 aliphatic heterocycles. The van der Waals surface area contributed by atoms with Gasteiger partial charge in [-0.15, -0.1) is 19.9 Å². The Kier molecular flexibility index (Phi) is 9.87. The Balaban J connectivity index is 0.000000401. The normalized spacial score (nSPS) is 14.3.